The molecule has 0 aliphatic carbocycles. The Labute approximate surface area is 156 Å². The van der Waals surface area contributed by atoms with Crippen LogP contribution in [0.4, 0.5) is 0 Å². The second-order valence-electron chi connectivity index (χ2n) is 6.66. The zero-order chi connectivity index (χ0) is 20.2. The molecule has 0 saturated carbocycles. The van der Waals surface area contributed by atoms with Gasteiger partial charge in [-0.05, 0) is 13.0 Å². The molecule has 10 heteroatoms. The number of fused-ring (bicyclic) bond motifs is 3. The quantitative estimate of drug-likeness (QED) is 0.395. The summed E-state index contributed by atoms with van der Waals surface area (Å²) in [4.78, 5) is 12.2. The summed E-state index contributed by atoms with van der Waals surface area (Å²) in [5.41, 5.74) is -0.633. The molecule has 5 N–H and O–H groups in total. The van der Waals surface area contributed by atoms with Crippen LogP contribution in [0.25, 0.3) is 21.9 Å². The van der Waals surface area contributed by atoms with Crippen molar-refractivity contribution in [3.8, 4) is 17.2 Å². The topological polar surface area (TPSA) is 163 Å². The lowest BCUT2D eigenvalue weighted by atomic mass is 10.0. The van der Waals surface area contributed by atoms with E-state index in [1.54, 1.807) is 6.92 Å². The average molecular weight is 394 g/mol. The number of aromatic hydroxyl groups is 2. The minimum Gasteiger partial charge on any atom is -0.504 e. The van der Waals surface area contributed by atoms with Gasteiger partial charge in [-0.25, -0.2) is 4.79 Å². The van der Waals surface area contributed by atoms with Gasteiger partial charge in [0.05, 0.1) is 18.8 Å². The van der Waals surface area contributed by atoms with Gasteiger partial charge in [0, 0.05) is 17.9 Å². The molecule has 4 rings (SSSR count). The van der Waals surface area contributed by atoms with E-state index in [-0.39, 0.29) is 28.4 Å². The second-order valence-corrected chi connectivity index (χ2v) is 6.66. The Balaban J connectivity index is 1.87. The highest BCUT2D eigenvalue weighted by Crippen LogP contribution is 2.46. The summed E-state index contributed by atoms with van der Waals surface area (Å²) in [5, 5.41) is 49.9. The van der Waals surface area contributed by atoms with Crippen LogP contribution >= 0.6 is 0 Å². The Morgan fingerprint density at radius 2 is 1.96 bits per heavy atom. The first kappa shape index (κ1) is 18.6. The largest absolute Gasteiger partial charge is 0.504 e. The van der Waals surface area contributed by atoms with Crippen LogP contribution in [-0.4, -0.2) is 56.7 Å². The van der Waals surface area contributed by atoms with Crippen LogP contribution in [-0.2, 0) is 4.74 Å². The number of phenolic OH excluding ortho intramolecular Hbond substituents is 2. The minimum atomic E-state index is -1.49. The van der Waals surface area contributed by atoms with Crippen LogP contribution in [0.3, 0.4) is 0 Å². The standard InChI is InChI=1S/C18H18O10/c1-6-2-11-12(17(24)25-6)8-4-10(21)13(22)16(15(8)27-11)28-18-14(23)9(20)3-7(5-19)26-18/h2,4,7,9,14,18-23H,3,5H2,1H3/t7-,9-,14+,18-/m0/s1. The molecule has 3 aromatic rings. The second kappa shape index (κ2) is 6.67. The third-order valence-corrected chi connectivity index (χ3v) is 4.65. The van der Waals surface area contributed by atoms with Crippen LogP contribution < -0.4 is 10.4 Å². The molecule has 4 atom stereocenters. The molecule has 1 saturated heterocycles. The molecule has 0 amide bonds. The number of aliphatic hydroxyl groups is 3. The summed E-state index contributed by atoms with van der Waals surface area (Å²) in [6.07, 6.45) is -5.01. The molecule has 1 aromatic carbocycles. The third-order valence-electron chi connectivity index (χ3n) is 4.65. The Bertz CT molecular complexity index is 1100. The number of benzene rings is 1. The van der Waals surface area contributed by atoms with Gasteiger partial charge in [0.1, 0.15) is 22.8 Å². The van der Waals surface area contributed by atoms with Gasteiger partial charge < -0.3 is 43.8 Å². The fourth-order valence-electron chi connectivity index (χ4n) is 3.28. The van der Waals surface area contributed by atoms with Crippen LogP contribution in [0.5, 0.6) is 17.2 Å². The van der Waals surface area contributed by atoms with Gasteiger partial charge in [-0.2, -0.15) is 0 Å². The lowest BCUT2D eigenvalue weighted by Gasteiger charge is -2.36. The maximum atomic E-state index is 12.2. The summed E-state index contributed by atoms with van der Waals surface area (Å²) in [6, 6.07) is 2.59. The average Bonchev–Trinajstić information content (AvgIpc) is 3.00. The molecule has 2 aromatic heterocycles. The number of hydrogen-bond donors (Lipinski definition) is 5. The van der Waals surface area contributed by atoms with Gasteiger partial charge in [-0.15, -0.1) is 0 Å². The van der Waals surface area contributed by atoms with Crippen molar-refractivity contribution in [2.24, 2.45) is 0 Å². The predicted molar refractivity (Wildman–Crippen MR) is 93.3 cm³/mol. The fraction of sp³-hybridized carbons (Fsp3) is 0.389. The van der Waals surface area contributed by atoms with Crippen molar-refractivity contribution in [1.29, 1.82) is 0 Å². The molecule has 150 valence electrons. The van der Waals surface area contributed by atoms with E-state index in [9.17, 15) is 30.3 Å². The highest BCUT2D eigenvalue weighted by Gasteiger charge is 2.39. The molecule has 3 heterocycles. The Hall–Kier alpha value is -2.79. The molecule has 1 fully saturated rings. The Morgan fingerprint density at radius 3 is 2.68 bits per heavy atom. The molecule has 0 bridgehead atoms. The highest BCUT2D eigenvalue weighted by molar-refractivity contribution is 6.07. The Morgan fingerprint density at radius 1 is 1.21 bits per heavy atom. The summed E-state index contributed by atoms with van der Waals surface area (Å²) < 4.78 is 21.6. The van der Waals surface area contributed by atoms with Crippen molar-refractivity contribution < 1.29 is 43.8 Å². The summed E-state index contributed by atoms with van der Waals surface area (Å²) in [6.45, 7) is 1.14. The molecular weight excluding hydrogens is 376 g/mol. The first-order valence-electron chi connectivity index (χ1n) is 8.51. The zero-order valence-electron chi connectivity index (χ0n) is 14.7. The predicted octanol–water partition coefficient (Wildman–Crippen LogP) is 0.467. The number of phenols is 2. The number of aliphatic hydroxyl groups excluding tert-OH is 3. The van der Waals surface area contributed by atoms with E-state index >= 15 is 0 Å². The number of hydrogen-bond acceptors (Lipinski definition) is 10. The van der Waals surface area contributed by atoms with Gasteiger partial charge in [0.25, 0.3) is 0 Å². The van der Waals surface area contributed by atoms with E-state index in [0.717, 1.165) is 6.07 Å². The van der Waals surface area contributed by atoms with Gasteiger partial charge in [-0.1, -0.05) is 0 Å². The van der Waals surface area contributed by atoms with Gasteiger partial charge >= 0.3 is 5.63 Å². The zero-order valence-corrected chi connectivity index (χ0v) is 14.7. The lowest BCUT2D eigenvalue weighted by Crippen LogP contribution is -2.51. The highest BCUT2D eigenvalue weighted by atomic mass is 16.7. The van der Waals surface area contributed by atoms with E-state index in [2.05, 4.69) is 0 Å². The monoisotopic (exact) mass is 394 g/mol. The molecule has 0 radical (unpaired) electrons. The Kier molecular flexibility index (Phi) is 4.42. The summed E-state index contributed by atoms with van der Waals surface area (Å²) in [7, 11) is 0. The van der Waals surface area contributed by atoms with E-state index in [0.29, 0.717) is 5.76 Å². The van der Waals surface area contributed by atoms with Crippen molar-refractivity contribution in [3.63, 3.8) is 0 Å². The van der Waals surface area contributed by atoms with Crippen molar-refractivity contribution in [2.45, 2.75) is 37.9 Å². The minimum absolute atomic E-state index is 0.0100. The number of furan rings is 1. The van der Waals surface area contributed by atoms with Crippen molar-refractivity contribution in [1.82, 2.24) is 0 Å². The first-order chi connectivity index (χ1) is 13.3. The van der Waals surface area contributed by atoms with E-state index in [4.69, 9.17) is 18.3 Å². The molecule has 0 unspecified atom stereocenters. The molecule has 0 spiro atoms. The van der Waals surface area contributed by atoms with Crippen molar-refractivity contribution in [3.05, 3.63) is 28.3 Å². The van der Waals surface area contributed by atoms with Crippen LogP contribution in [0.1, 0.15) is 12.2 Å². The maximum Gasteiger partial charge on any atom is 0.347 e. The van der Waals surface area contributed by atoms with E-state index < -0.39 is 54.1 Å². The van der Waals surface area contributed by atoms with Gasteiger partial charge in [-0.3, -0.25) is 0 Å². The maximum absolute atomic E-state index is 12.2. The normalized spacial score (nSPS) is 25.4. The smallest absolute Gasteiger partial charge is 0.347 e. The molecule has 1 aliphatic rings. The summed E-state index contributed by atoms with van der Waals surface area (Å²) >= 11 is 0. The lowest BCUT2D eigenvalue weighted by molar-refractivity contribution is -0.240. The SMILES string of the molecule is Cc1cc2oc3c(O[C@@H]4O[C@H](CO)C[C@H](O)[C@H]4O)c(O)c(O)cc3c2c(=O)o1. The van der Waals surface area contributed by atoms with E-state index in [1.165, 1.54) is 6.07 Å². The third kappa shape index (κ3) is 2.87. The van der Waals surface area contributed by atoms with Gasteiger partial charge in [0.15, 0.2) is 11.3 Å². The molecule has 10 nitrogen and oxygen atoms in total. The number of aryl methyl sites for hydroxylation is 1. The molecule has 28 heavy (non-hydrogen) atoms. The van der Waals surface area contributed by atoms with Crippen LogP contribution in [0.2, 0.25) is 0 Å². The van der Waals surface area contributed by atoms with Crippen molar-refractivity contribution in [2.75, 3.05) is 6.61 Å². The molecular formula is C18H18O10. The van der Waals surface area contributed by atoms with E-state index in [1.807, 2.05) is 0 Å². The fourth-order valence-corrected chi connectivity index (χ4v) is 3.28. The van der Waals surface area contributed by atoms with Crippen molar-refractivity contribution >= 4 is 21.9 Å². The van der Waals surface area contributed by atoms with Gasteiger partial charge in [0.2, 0.25) is 17.8 Å². The molecule has 1 aliphatic heterocycles. The number of ether oxygens (including phenoxy) is 2. The number of rotatable bonds is 3. The van der Waals surface area contributed by atoms with Crippen LogP contribution in [0, 0.1) is 6.92 Å². The first-order valence-corrected chi connectivity index (χ1v) is 8.51. The summed E-state index contributed by atoms with van der Waals surface area (Å²) in [5.74, 6) is -1.40. The van der Waals surface area contributed by atoms with Crippen LogP contribution in [0.15, 0.2) is 25.8 Å².